The maximum atomic E-state index is 13.8. The van der Waals surface area contributed by atoms with Crippen molar-refractivity contribution in [2.45, 2.75) is 43.4 Å². The van der Waals surface area contributed by atoms with Gasteiger partial charge in [-0.05, 0) is 49.9 Å². The Labute approximate surface area is 215 Å². The fourth-order valence-corrected chi connectivity index (χ4v) is 7.45. The van der Waals surface area contributed by atoms with Crippen LogP contribution in [-0.2, 0) is 24.5 Å². The van der Waals surface area contributed by atoms with Crippen LogP contribution in [0.25, 0.3) is 0 Å². The highest BCUT2D eigenvalue weighted by Crippen LogP contribution is 2.43. The second-order valence-electron chi connectivity index (χ2n) is 9.13. The largest absolute Gasteiger partial charge is 0.490 e. The van der Waals surface area contributed by atoms with Crippen molar-refractivity contribution in [3.05, 3.63) is 29.3 Å². The molecule has 1 aromatic rings. The van der Waals surface area contributed by atoms with Crippen LogP contribution in [0.15, 0.2) is 24.3 Å². The number of piperidine rings is 1. The van der Waals surface area contributed by atoms with Gasteiger partial charge in [0.25, 0.3) is 16.1 Å². The minimum atomic E-state index is -4.08. The van der Waals surface area contributed by atoms with Crippen molar-refractivity contribution < 1.29 is 37.4 Å². The number of benzene rings is 1. The average molecular weight is 547 g/mol. The van der Waals surface area contributed by atoms with Gasteiger partial charge in [0.2, 0.25) is 0 Å². The zero-order chi connectivity index (χ0) is 25.9. The number of carbonyl (C=O) groups excluding carboxylic acids is 2. The van der Waals surface area contributed by atoms with E-state index < -0.39 is 33.8 Å². The van der Waals surface area contributed by atoms with E-state index in [-0.39, 0.29) is 51.9 Å². The molecule has 36 heavy (non-hydrogen) atoms. The number of fused-ring (bicyclic) bond motifs is 2. The summed E-state index contributed by atoms with van der Waals surface area (Å²) in [7, 11) is -2.61. The molecule has 0 aliphatic carbocycles. The zero-order valence-electron chi connectivity index (χ0n) is 20.0. The molecular weight excluding hydrogens is 516 g/mol. The number of hydrogen-bond acceptors (Lipinski definition) is 8. The number of likely N-dealkylation sites (tertiary alicyclic amines) is 1. The van der Waals surface area contributed by atoms with E-state index in [2.05, 4.69) is 0 Å². The molecule has 1 aromatic carbocycles. The summed E-state index contributed by atoms with van der Waals surface area (Å²) < 4.78 is 46.2. The molecule has 4 rings (SSSR count). The van der Waals surface area contributed by atoms with Crippen LogP contribution in [0.3, 0.4) is 0 Å². The number of amides is 2. The van der Waals surface area contributed by atoms with Crippen LogP contribution >= 0.6 is 11.6 Å². The van der Waals surface area contributed by atoms with Crippen LogP contribution < -0.4 is 10.2 Å². The van der Waals surface area contributed by atoms with Gasteiger partial charge in [0.1, 0.15) is 24.0 Å². The van der Waals surface area contributed by atoms with E-state index in [1.54, 1.807) is 29.7 Å². The summed E-state index contributed by atoms with van der Waals surface area (Å²) in [6.45, 7) is 0.528. The van der Waals surface area contributed by atoms with Crippen LogP contribution in [0, 0.1) is 0 Å². The third-order valence-electron chi connectivity index (χ3n) is 6.92. The minimum Gasteiger partial charge on any atom is -0.490 e. The Balaban J connectivity index is 1.47. The van der Waals surface area contributed by atoms with Gasteiger partial charge in [0.15, 0.2) is 0 Å². The number of carbonyl (C=O) groups is 2. The van der Waals surface area contributed by atoms with Crippen molar-refractivity contribution in [1.82, 2.24) is 19.0 Å². The second kappa shape index (κ2) is 11.1. The summed E-state index contributed by atoms with van der Waals surface area (Å²) in [5.41, 5.74) is -0.0151. The standard InChI is InChI=1S/C22H31ClN4O8S/c1-33-12-13-34-21(29)25-14-17-6-9-22(15-25,20(28)24-30)27(17)36(31,32)26-10-7-19(8-11-26)35-18-4-2-16(23)3-5-18/h2-5,17,19,30H,6-15H2,1H3,(H,24,28). The molecular formula is C22H31ClN4O8S. The SMILES string of the molecule is COCCOC(=O)N1CC2CCC(C(=O)NO)(C1)N2S(=O)(=O)N1CCC(Oc2ccc(Cl)cc2)CC1. The smallest absolute Gasteiger partial charge is 0.409 e. The van der Waals surface area contributed by atoms with Gasteiger partial charge in [0.05, 0.1) is 13.2 Å². The van der Waals surface area contributed by atoms with Gasteiger partial charge in [-0.15, -0.1) is 0 Å². The van der Waals surface area contributed by atoms with Crippen molar-refractivity contribution >= 4 is 33.8 Å². The number of hydrogen-bond donors (Lipinski definition) is 2. The summed E-state index contributed by atoms with van der Waals surface area (Å²) in [4.78, 5) is 26.8. The van der Waals surface area contributed by atoms with Gasteiger partial charge >= 0.3 is 6.09 Å². The number of methoxy groups -OCH3 is 1. The van der Waals surface area contributed by atoms with Crippen molar-refractivity contribution in [1.29, 1.82) is 0 Å². The summed E-state index contributed by atoms with van der Waals surface area (Å²) in [5.74, 6) is -0.213. The lowest BCUT2D eigenvalue weighted by molar-refractivity contribution is -0.141. The quantitative estimate of drug-likeness (QED) is 0.282. The monoisotopic (exact) mass is 546 g/mol. The number of hydroxylamine groups is 1. The Hall–Kier alpha value is -2.16. The third kappa shape index (κ3) is 5.27. The van der Waals surface area contributed by atoms with E-state index in [4.69, 9.17) is 25.8 Å². The lowest BCUT2D eigenvalue weighted by Crippen LogP contribution is -2.71. The maximum Gasteiger partial charge on any atom is 0.409 e. The first kappa shape index (κ1) is 26.9. The number of nitrogens with zero attached hydrogens (tertiary/aromatic N) is 3. The number of ether oxygens (including phenoxy) is 3. The molecule has 2 bridgehead atoms. The summed E-state index contributed by atoms with van der Waals surface area (Å²) >= 11 is 5.91. The number of rotatable bonds is 8. The first-order valence-electron chi connectivity index (χ1n) is 11.8. The van der Waals surface area contributed by atoms with E-state index in [0.29, 0.717) is 30.0 Å². The van der Waals surface area contributed by atoms with E-state index >= 15 is 0 Å². The molecule has 0 spiro atoms. The molecule has 2 amide bonds. The molecule has 3 heterocycles. The van der Waals surface area contributed by atoms with Crippen LogP contribution in [0.2, 0.25) is 5.02 Å². The maximum absolute atomic E-state index is 13.8. The van der Waals surface area contributed by atoms with E-state index in [1.165, 1.54) is 20.6 Å². The van der Waals surface area contributed by atoms with Crippen LogP contribution in [0.1, 0.15) is 25.7 Å². The second-order valence-corrected chi connectivity index (χ2v) is 11.4. The fraction of sp³-hybridized carbons (Fsp3) is 0.636. The minimum absolute atomic E-state index is 0.0325. The third-order valence-corrected chi connectivity index (χ3v) is 9.33. The topological polar surface area (TPSA) is 138 Å². The average Bonchev–Trinajstić information content (AvgIpc) is 3.13. The van der Waals surface area contributed by atoms with Crippen molar-refractivity contribution in [2.24, 2.45) is 0 Å². The van der Waals surface area contributed by atoms with Crippen molar-refractivity contribution in [3.63, 3.8) is 0 Å². The van der Waals surface area contributed by atoms with Crippen LogP contribution in [-0.4, -0.2) is 103 Å². The number of piperazine rings is 1. The predicted molar refractivity (Wildman–Crippen MR) is 128 cm³/mol. The summed E-state index contributed by atoms with van der Waals surface area (Å²) in [6, 6.07) is 6.36. The van der Waals surface area contributed by atoms with Gasteiger partial charge in [-0.25, -0.2) is 10.3 Å². The van der Waals surface area contributed by atoms with E-state index in [9.17, 15) is 23.2 Å². The zero-order valence-corrected chi connectivity index (χ0v) is 21.5. The lowest BCUT2D eigenvalue weighted by Gasteiger charge is -2.47. The Morgan fingerprint density at radius 2 is 1.86 bits per heavy atom. The highest BCUT2D eigenvalue weighted by atomic mass is 35.5. The van der Waals surface area contributed by atoms with E-state index in [0.717, 1.165) is 0 Å². The first-order valence-corrected chi connectivity index (χ1v) is 13.6. The lowest BCUT2D eigenvalue weighted by atomic mass is 9.96. The Morgan fingerprint density at radius 3 is 2.50 bits per heavy atom. The van der Waals surface area contributed by atoms with Crippen LogP contribution in [0.4, 0.5) is 4.79 Å². The first-order chi connectivity index (χ1) is 17.2. The Morgan fingerprint density at radius 1 is 1.17 bits per heavy atom. The molecule has 3 fully saturated rings. The van der Waals surface area contributed by atoms with Gasteiger partial charge in [-0.2, -0.15) is 17.0 Å². The highest BCUT2D eigenvalue weighted by Gasteiger charge is 2.62. The molecule has 200 valence electrons. The molecule has 0 radical (unpaired) electrons. The Bertz CT molecular complexity index is 1050. The molecule has 3 aliphatic heterocycles. The summed E-state index contributed by atoms with van der Waals surface area (Å²) in [6.07, 6.45) is 0.648. The normalized spacial score (nSPS) is 25.5. The predicted octanol–water partition coefficient (Wildman–Crippen LogP) is 1.24. The summed E-state index contributed by atoms with van der Waals surface area (Å²) in [5, 5.41) is 10.1. The van der Waals surface area contributed by atoms with Gasteiger partial charge in [0, 0.05) is 37.8 Å². The van der Waals surface area contributed by atoms with E-state index in [1.807, 2.05) is 0 Å². The molecule has 14 heteroatoms. The molecule has 2 N–H and O–H groups in total. The molecule has 3 saturated heterocycles. The number of halogens is 1. The fourth-order valence-electron chi connectivity index (χ4n) is 5.18. The molecule has 3 aliphatic rings. The molecule has 0 aromatic heterocycles. The van der Waals surface area contributed by atoms with Gasteiger partial charge < -0.3 is 19.1 Å². The molecule has 12 nitrogen and oxygen atoms in total. The van der Waals surface area contributed by atoms with Gasteiger partial charge in [-0.3, -0.25) is 10.0 Å². The highest BCUT2D eigenvalue weighted by molar-refractivity contribution is 7.86. The molecule has 2 atom stereocenters. The molecule has 0 saturated carbocycles. The van der Waals surface area contributed by atoms with Crippen molar-refractivity contribution in [2.75, 3.05) is 46.5 Å². The number of nitrogens with one attached hydrogen (secondary N) is 1. The van der Waals surface area contributed by atoms with Gasteiger partial charge in [-0.1, -0.05) is 11.6 Å². The Kier molecular flexibility index (Phi) is 8.27. The molecule has 2 unspecified atom stereocenters. The van der Waals surface area contributed by atoms with Crippen LogP contribution in [0.5, 0.6) is 5.75 Å². The van der Waals surface area contributed by atoms with Crippen molar-refractivity contribution in [3.8, 4) is 5.75 Å².